The summed E-state index contributed by atoms with van der Waals surface area (Å²) in [4.78, 5) is 0. The molecule has 1 saturated heterocycles. The maximum atomic E-state index is 9.24. The van der Waals surface area contributed by atoms with Crippen LogP contribution >= 0.6 is 0 Å². The molecule has 0 amide bonds. The molecule has 0 aromatic carbocycles. The Balaban J connectivity index is 1.85. The van der Waals surface area contributed by atoms with Gasteiger partial charge in [0.2, 0.25) is 0 Å². The Kier molecular flexibility index (Phi) is 5.05. The first-order chi connectivity index (χ1) is 8.67. The largest absolute Gasteiger partial charge is 0.396 e. The zero-order valence-electron chi connectivity index (χ0n) is 12.0. The van der Waals surface area contributed by atoms with Crippen molar-refractivity contribution in [3.8, 4) is 0 Å². The van der Waals surface area contributed by atoms with Crippen molar-refractivity contribution >= 4 is 0 Å². The third kappa shape index (κ3) is 3.25. The summed E-state index contributed by atoms with van der Waals surface area (Å²) in [5.74, 6) is 1.61. The number of aliphatic hydroxyl groups is 1. The molecule has 1 aliphatic carbocycles. The van der Waals surface area contributed by atoms with E-state index < -0.39 is 0 Å². The van der Waals surface area contributed by atoms with Gasteiger partial charge in [0, 0.05) is 31.2 Å². The molecule has 2 N–H and O–H groups in total. The number of rotatable bonds is 5. The summed E-state index contributed by atoms with van der Waals surface area (Å²) in [5, 5.41) is 13.0. The van der Waals surface area contributed by atoms with Crippen LogP contribution < -0.4 is 5.32 Å². The van der Waals surface area contributed by atoms with E-state index in [1.54, 1.807) is 0 Å². The molecule has 3 heteroatoms. The molecule has 0 unspecified atom stereocenters. The van der Waals surface area contributed by atoms with Crippen molar-refractivity contribution in [3.05, 3.63) is 0 Å². The standard InChI is InChI=1S/C15H29NO2/c1-12-4-3-5-14(13(12)2)16-10-15(6-8-17)7-9-18-11-15/h12-14,16-17H,3-11H2,1-2H3/t12-,13+,14+,15-/m1/s1. The highest BCUT2D eigenvalue weighted by molar-refractivity contribution is 4.89. The van der Waals surface area contributed by atoms with E-state index in [0.717, 1.165) is 44.4 Å². The lowest BCUT2D eigenvalue weighted by molar-refractivity contribution is 0.112. The number of hydrogen-bond donors (Lipinski definition) is 2. The van der Waals surface area contributed by atoms with Crippen LogP contribution in [0.4, 0.5) is 0 Å². The van der Waals surface area contributed by atoms with Crippen LogP contribution in [0, 0.1) is 17.3 Å². The van der Waals surface area contributed by atoms with Crippen molar-refractivity contribution < 1.29 is 9.84 Å². The Labute approximate surface area is 111 Å². The Morgan fingerprint density at radius 1 is 1.33 bits per heavy atom. The second-order valence-corrected chi connectivity index (χ2v) is 6.53. The number of ether oxygens (including phenoxy) is 1. The van der Waals surface area contributed by atoms with Gasteiger partial charge in [0.15, 0.2) is 0 Å². The summed E-state index contributed by atoms with van der Waals surface area (Å²) < 4.78 is 5.55. The van der Waals surface area contributed by atoms with Crippen LogP contribution in [0.15, 0.2) is 0 Å². The fraction of sp³-hybridized carbons (Fsp3) is 1.00. The van der Waals surface area contributed by atoms with Crippen molar-refractivity contribution in [3.63, 3.8) is 0 Å². The maximum absolute atomic E-state index is 9.24. The van der Waals surface area contributed by atoms with Gasteiger partial charge in [0.25, 0.3) is 0 Å². The molecular weight excluding hydrogens is 226 g/mol. The third-order valence-electron chi connectivity index (χ3n) is 5.27. The molecule has 0 aromatic heterocycles. The highest BCUT2D eigenvalue weighted by Gasteiger charge is 2.36. The smallest absolute Gasteiger partial charge is 0.0536 e. The molecule has 0 radical (unpaired) electrons. The van der Waals surface area contributed by atoms with E-state index >= 15 is 0 Å². The average Bonchev–Trinajstić information content (AvgIpc) is 2.81. The first-order valence-electron chi connectivity index (χ1n) is 7.59. The van der Waals surface area contributed by atoms with Gasteiger partial charge in [-0.15, -0.1) is 0 Å². The minimum absolute atomic E-state index is 0.190. The minimum Gasteiger partial charge on any atom is -0.396 e. The number of aliphatic hydroxyl groups excluding tert-OH is 1. The molecule has 106 valence electrons. The van der Waals surface area contributed by atoms with Gasteiger partial charge in [-0.05, 0) is 31.1 Å². The van der Waals surface area contributed by atoms with E-state index in [2.05, 4.69) is 19.2 Å². The first-order valence-corrected chi connectivity index (χ1v) is 7.59. The van der Waals surface area contributed by atoms with Crippen molar-refractivity contribution in [2.75, 3.05) is 26.4 Å². The van der Waals surface area contributed by atoms with Gasteiger partial charge in [-0.3, -0.25) is 0 Å². The van der Waals surface area contributed by atoms with Crippen LogP contribution in [0.1, 0.15) is 46.0 Å². The monoisotopic (exact) mass is 255 g/mol. The Bertz CT molecular complexity index is 251. The van der Waals surface area contributed by atoms with Gasteiger partial charge >= 0.3 is 0 Å². The maximum Gasteiger partial charge on any atom is 0.0536 e. The fourth-order valence-electron chi connectivity index (χ4n) is 3.53. The Morgan fingerprint density at radius 3 is 2.83 bits per heavy atom. The minimum atomic E-state index is 0.190. The van der Waals surface area contributed by atoms with Gasteiger partial charge in [0.1, 0.15) is 0 Å². The molecule has 3 nitrogen and oxygen atoms in total. The highest BCUT2D eigenvalue weighted by Crippen LogP contribution is 2.34. The molecule has 0 bridgehead atoms. The lowest BCUT2D eigenvalue weighted by atomic mass is 9.77. The van der Waals surface area contributed by atoms with Gasteiger partial charge < -0.3 is 15.2 Å². The quantitative estimate of drug-likeness (QED) is 0.791. The molecule has 2 rings (SSSR count). The van der Waals surface area contributed by atoms with Crippen LogP contribution in [-0.4, -0.2) is 37.5 Å². The Morgan fingerprint density at radius 2 is 2.17 bits per heavy atom. The first kappa shape index (κ1) is 14.3. The zero-order chi connectivity index (χ0) is 13.0. The summed E-state index contributed by atoms with van der Waals surface area (Å²) in [5.41, 5.74) is 0.190. The van der Waals surface area contributed by atoms with Crippen LogP contribution in [0.2, 0.25) is 0 Å². The van der Waals surface area contributed by atoms with Gasteiger partial charge in [-0.25, -0.2) is 0 Å². The lowest BCUT2D eigenvalue weighted by Gasteiger charge is -2.37. The molecule has 1 heterocycles. The van der Waals surface area contributed by atoms with Gasteiger partial charge in [-0.2, -0.15) is 0 Å². The topological polar surface area (TPSA) is 41.5 Å². The molecule has 18 heavy (non-hydrogen) atoms. The van der Waals surface area contributed by atoms with Crippen molar-refractivity contribution in [1.82, 2.24) is 5.32 Å². The summed E-state index contributed by atoms with van der Waals surface area (Å²) in [6.45, 7) is 7.72. The third-order valence-corrected chi connectivity index (χ3v) is 5.27. The summed E-state index contributed by atoms with van der Waals surface area (Å²) in [6, 6.07) is 0.657. The average molecular weight is 255 g/mol. The van der Waals surface area contributed by atoms with Crippen molar-refractivity contribution in [2.24, 2.45) is 17.3 Å². The van der Waals surface area contributed by atoms with E-state index in [1.165, 1.54) is 19.3 Å². The van der Waals surface area contributed by atoms with Crippen molar-refractivity contribution in [2.45, 2.75) is 52.0 Å². The van der Waals surface area contributed by atoms with Gasteiger partial charge in [0.05, 0.1) is 6.61 Å². The highest BCUT2D eigenvalue weighted by atomic mass is 16.5. The molecular formula is C15H29NO2. The van der Waals surface area contributed by atoms with Gasteiger partial charge in [-0.1, -0.05) is 26.7 Å². The van der Waals surface area contributed by atoms with E-state index in [-0.39, 0.29) is 12.0 Å². The summed E-state index contributed by atoms with van der Waals surface area (Å²) in [7, 11) is 0. The summed E-state index contributed by atoms with van der Waals surface area (Å²) >= 11 is 0. The van der Waals surface area contributed by atoms with E-state index in [9.17, 15) is 5.11 Å². The predicted molar refractivity (Wildman–Crippen MR) is 73.5 cm³/mol. The van der Waals surface area contributed by atoms with E-state index in [4.69, 9.17) is 4.74 Å². The molecule has 1 aliphatic heterocycles. The molecule has 2 fully saturated rings. The zero-order valence-corrected chi connectivity index (χ0v) is 12.0. The van der Waals surface area contributed by atoms with Crippen molar-refractivity contribution in [1.29, 1.82) is 0 Å². The molecule has 1 saturated carbocycles. The molecule has 0 spiro atoms. The molecule has 2 aliphatic rings. The number of nitrogens with one attached hydrogen (secondary N) is 1. The van der Waals surface area contributed by atoms with Crippen LogP contribution in [0.25, 0.3) is 0 Å². The summed E-state index contributed by atoms with van der Waals surface area (Å²) in [6.07, 6.45) is 6.01. The Hall–Kier alpha value is -0.120. The molecule has 4 atom stereocenters. The second-order valence-electron chi connectivity index (χ2n) is 6.53. The molecule has 0 aromatic rings. The second kappa shape index (κ2) is 6.36. The number of hydrogen-bond acceptors (Lipinski definition) is 3. The lowest BCUT2D eigenvalue weighted by Crippen LogP contribution is -2.46. The van der Waals surface area contributed by atoms with Crippen LogP contribution in [-0.2, 0) is 4.74 Å². The van der Waals surface area contributed by atoms with Crippen LogP contribution in [0.3, 0.4) is 0 Å². The van der Waals surface area contributed by atoms with E-state index in [1.807, 2.05) is 0 Å². The SMILES string of the molecule is C[C@H]1[C@H](C)CCC[C@@H]1NC[C@@]1(CCO)CCOC1. The normalized spacial score (nSPS) is 41.2. The van der Waals surface area contributed by atoms with E-state index in [0.29, 0.717) is 6.04 Å². The van der Waals surface area contributed by atoms with Crippen LogP contribution in [0.5, 0.6) is 0 Å². The fourth-order valence-corrected chi connectivity index (χ4v) is 3.53. The predicted octanol–water partition coefficient (Wildman–Crippen LogP) is 2.19.